The summed E-state index contributed by atoms with van der Waals surface area (Å²) < 4.78 is 5.13. The van der Waals surface area contributed by atoms with Crippen LogP contribution in [0.25, 0.3) is 77.2 Å². The number of rotatable bonds is 6. The highest BCUT2D eigenvalue weighted by atomic mass is 15.2. The highest BCUT2D eigenvalue weighted by Crippen LogP contribution is 2.48. The summed E-state index contributed by atoms with van der Waals surface area (Å²) in [4.78, 5) is 5.16. The van der Waals surface area contributed by atoms with Crippen LogP contribution in [0.1, 0.15) is 158 Å². The molecule has 0 unspecified atom stereocenters. The Balaban J connectivity index is 0.993. The van der Waals surface area contributed by atoms with Crippen LogP contribution < -0.4 is 26.2 Å². The van der Waals surface area contributed by atoms with E-state index in [9.17, 15) is 0 Å². The van der Waals surface area contributed by atoms with Gasteiger partial charge in [0.15, 0.2) is 0 Å². The first-order chi connectivity index (χ1) is 44.9. The summed E-state index contributed by atoms with van der Waals surface area (Å²) in [5.74, 6) is 0. The second-order valence-corrected chi connectivity index (χ2v) is 33.6. The zero-order valence-corrected chi connectivity index (χ0v) is 59.2. The normalized spacial score (nSPS) is 13.7. The van der Waals surface area contributed by atoms with Crippen molar-refractivity contribution in [2.45, 2.75) is 157 Å². The van der Waals surface area contributed by atoms with Crippen LogP contribution in [-0.4, -0.2) is 15.8 Å². The second-order valence-electron chi connectivity index (χ2n) is 33.6. The third-order valence-corrected chi connectivity index (χ3v) is 20.9. The molecule has 11 aromatic carbocycles. The van der Waals surface area contributed by atoms with Gasteiger partial charge in [-0.05, 0) is 189 Å². The van der Waals surface area contributed by atoms with Gasteiger partial charge in [-0.15, -0.1) is 0 Å². The van der Waals surface area contributed by atoms with Crippen LogP contribution in [0.4, 0.5) is 34.1 Å². The fourth-order valence-electron chi connectivity index (χ4n) is 15.1. The first-order valence-corrected chi connectivity index (χ1v) is 34.5. The SMILES string of the molecule is CC(C)(C)c1ccc(-c2ccc(N3c4cc(-n5c6cc(C(C)(C)C)ccc6c6ccc(C(C)(C)C)cc65)ccc4B4c5ccc(-n6c7cc(C(C)(C)C)ccc7c7ccc(C(C)(C)C)cc76)cc5N(c5ccc(-c6ccc(C(C)(C)C)cc6)cc5)c5cccc3c54)cc2)cc1. The van der Waals surface area contributed by atoms with E-state index in [2.05, 4.69) is 368 Å². The van der Waals surface area contributed by atoms with Crippen molar-refractivity contribution in [1.82, 2.24) is 9.13 Å². The molecule has 0 spiro atoms. The molecule has 0 N–H and O–H groups in total. The zero-order valence-electron chi connectivity index (χ0n) is 59.2. The number of nitrogens with zero attached hydrogens (tertiary/aromatic N) is 4. The third kappa shape index (κ3) is 10.5. The fraction of sp³-hybridized carbons (Fsp3) is 0.267. The summed E-state index contributed by atoms with van der Waals surface area (Å²) in [6.45, 7) is 41.6. The average Bonchev–Trinajstić information content (AvgIpc) is 1.17. The number of benzene rings is 11. The highest BCUT2D eigenvalue weighted by Gasteiger charge is 2.44. The summed E-state index contributed by atoms with van der Waals surface area (Å²) in [5.41, 5.74) is 30.6. The molecule has 2 aliphatic heterocycles. The predicted molar refractivity (Wildman–Crippen MR) is 412 cm³/mol. The minimum absolute atomic E-state index is 0.0459. The Hall–Kier alpha value is -9.32. The Morgan fingerprint density at radius 3 is 0.758 bits per heavy atom. The van der Waals surface area contributed by atoms with E-state index in [1.807, 2.05) is 0 Å². The van der Waals surface area contributed by atoms with E-state index in [0.29, 0.717) is 0 Å². The molecular formula is C90H91BN4. The predicted octanol–water partition coefficient (Wildman–Crippen LogP) is 23.1. The maximum Gasteiger partial charge on any atom is 0.252 e. The van der Waals surface area contributed by atoms with Gasteiger partial charge in [0.25, 0.3) is 6.71 Å². The van der Waals surface area contributed by atoms with Gasteiger partial charge >= 0.3 is 0 Å². The number of aromatic nitrogens is 2. The van der Waals surface area contributed by atoms with Crippen molar-refractivity contribution in [3.05, 3.63) is 258 Å². The molecule has 0 saturated heterocycles. The first kappa shape index (κ1) is 61.8. The second kappa shape index (κ2) is 21.6. The van der Waals surface area contributed by atoms with Crippen LogP contribution in [0.3, 0.4) is 0 Å². The van der Waals surface area contributed by atoms with Gasteiger partial charge in [-0.3, -0.25) is 0 Å². The summed E-state index contributed by atoms with van der Waals surface area (Å²) in [6.07, 6.45) is 0. The largest absolute Gasteiger partial charge is 0.311 e. The van der Waals surface area contributed by atoms with Crippen LogP contribution >= 0.6 is 0 Å². The Labute approximate surface area is 565 Å². The molecule has 0 atom stereocenters. The Kier molecular flexibility index (Phi) is 14.1. The maximum atomic E-state index is 2.58. The van der Waals surface area contributed by atoms with Gasteiger partial charge in [-0.1, -0.05) is 264 Å². The zero-order chi connectivity index (χ0) is 66.8. The van der Waals surface area contributed by atoms with E-state index in [1.165, 1.54) is 138 Å². The summed E-state index contributed by atoms with van der Waals surface area (Å²) >= 11 is 0. The topological polar surface area (TPSA) is 16.3 Å². The molecule has 4 heterocycles. The van der Waals surface area contributed by atoms with Crippen LogP contribution in [0.15, 0.2) is 224 Å². The maximum absolute atomic E-state index is 2.58. The van der Waals surface area contributed by atoms with Crippen molar-refractivity contribution in [3.8, 4) is 33.6 Å². The van der Waals surface area contributed by atoms with Gasteiger partial charge in [-0.2, -0.15) is 0 Å². The lowest BCUT2D eigenvalue weighted by Crippen LogP contribution is -2.61. The molecular weight excluding hydrogens is 1150 g/mol. The highest BCUT2D eigenvalue weighted by molar-refractivity contribution is 7.00. The van der Waals surface area contributed by atoms with Gasteiger partial charge in [0.05, 0.1) is 22.1 Å². The number of hydrogen-bond acceptors (Lipinski definition) is 2. The van der Waals surface area contributed by atoms with Gasteiger partial charge in [0.2, 0.25) is 0 Å². The Morgan fingerprint density at radius 2 is 0.484 bits per heavy atom. The smallest absolute Gasteiger partial charge is 0.252 e. The van der Waals surface area contributed by atoms with Gasteiger partial charge in [-0.25, -0.2) is 0 Å². The quantitative estimate of drug-likeness (QED) is 0.154. The molecule has 4 nitrogen and oxygen atoms in total. The van der Waals surface area contributed by atoms with Crippen molar-refractivity contribution in [3.63, 3.8) is 0 Å². The van der Waals surface area contributed by atoms with E-state index in [1.54, 1.807) is 0 Å². The molecule has 0 bridgehead atoms. The summed E-state index contributed by atoms with van der Waals surface area (Å²) in [7, 11) is 0. The number of fused-ring (bicyclic) bond motifs is 10. The van der Waals surface area contributed by atoms with Crippen LogP contribution in [0, 0.1) is 0 Å². The van der Waals surface area contributed by atoms with Gasteiger partial charge in [0.1, 0.15) is 0 Å². The molecule has 95 heavy (non-hydrogen) atoms. The Morgan fingerprint density at radius 1 is 0.232 bits per heavy atom. The Bertz CT molecular complexity index is 4740. The van der Waals surface area contributed by atoms with Crippen LogP contribution in [0.2, 0.25) is 0 Å². The molecule has 474 valence electrons. The van der Waals surface area contributed by atoms with Crippen molar-refractivity contribution >= 4 is 101 Å². The van der Waals surface area contributed by atoms with E-state index in [-0.39, 0.29) is 39.2 Å². The lowest BCUT2D eigenvalue weighted by Gasteiger charge is -2.44. The molecule has 5 heteroatoms. The molecule has 0 fully saturated rings. The molecule has 2 aromatic heterocycles. The van der Waals surface area contributed by atoms with E-state index in [4.69, 9.17) is 0 Å². The molecule has 15 rings (SSSR count). The van der Waals surface area contributed by atoms with E-state index >= 15 is 0 Å². The van der Waals surface area contributed by atoms with Gasteiger partial charge < -0.3 is 18.9 Å². The molecule has 13 aromatic rings. The van der Waals surface area contributed by atoms with Crippen LogP contribution in [0.5, 0.6) is 0 Å². The van der Waals surface area contributed by atoms with Crippen molar-refractivity contribution < 1.29 is 0 Å². The molecule has 0 radical (unpaired) electrons. The minimum atomic E-state index is -0.112. The third-order valence-electron chi connectivity index (χ3n) is 20.9. The fourth-order valence-corrected chi connectivity index (χ4v) is 15.1. The van der Waals surface area contributed by atoms with E-state index < -0.39 is 0 Å². The molecule has 0 amide bonds. The number of hydrogen-bond donors (Lipinski definition) is 0. The monoisotopic (exact) mass is 1240 g/mol. The standard InChI is InChI=1S/C90H91BN4/c1-85(2,3)60-30-22-56(23-31-60)58-26-38-66(39-27-58)92-76-20-19-21-77-84(76)91(74-48-42-68(54-82(74)92)94-78-50-62(87(7,8)9)34-44-70(78)71-45-35-63(51-79(71)94)88(10,11)12)75-49-43-69(55-83(75)93(77)67-40-28-59(29-41-67)57-24-32-61(33-25-57)86(4,5)6)95-80-52-64(89(13,14)15)36-46-72(80)73-47-37-65(53-81(73)95)90(16,17)18/h19-55H,1-18H3. The lowest BCUT2D eigenvalue weighted by molar-refractivity contribution is 0.590. The average molecular weight is 1240 g/mol. The molecule has 0 aliphatic carbocycles. The molecule has 2 aliphatic rings. The van der Waals surface area contributed by atoms with Crippen LogP contribution in [-0.2, 0) is 32.5 Å². The lowest BCUT2D eigenvalue weighted by atomic mass is 9.33. The number of anilines is 6. The van der Waals surface area contributed by atoms with Gasteiger partial charge in [0, 0.05) is 67.0 Å². The summed E-state index contributed by atoms with van der Waals surface area (Å²) in [5, 5.41) is 5.06. The molecule has 0 saturated carbocycles. The summed E-state index contributed by atoms with van der Waals surface area (Å²) in [6, 6.07) is 87.7. The van der Waals surface area contributed by atoms with Crippen molar-refractivity contribution in [2.75, 3.05) is 9.80 Å². The van der Waals surface area contributed by atoms with Crippen molar-refractivity contribution in [2.24, 2.45) is 0 Å². The first-order valence-electron chi connectivity index (χ1n) is 34.5. The van der Waals surface area contributed by atoms with Crippen molar-refractivity contribution in [1.29, 1.82) is 0 Å². The van der Waals surface area contributed by atoms with E-state index in [0.717, 1.165) is 22.7 Å². The minimum Gasteiger partial charge on any atom is -0.311 e.